The van der Waals surface area contributed by atoms with Gasteiger partial charge in [-0.3, -0.25) is 0 Å². The lowest BCUT2D eigenvalue weighted by atomic mass is 10.3. The molecule has 1 aliphatic rings. The van der Waals surface area contributed by atoms with E-state index < -0.39 is 0 Å². The second-order valence-electron chi connectivity index (χ2n) is 2.85. The Bertz CT molecular complexity index is 55.7. The zero-order chi connectivity index (χ0) is 7.82. The molecule has 0 radical (unpaired) electrons. The Hall–Kier alpha value is -0.0400. The van der Waals surface area contributed by atoms with Gasteiger partial charge in [0.05, 0.1) is 6.10 Å². The molecule has 0 saturated heterocycles. The van der Waals surface area contributed by atoms with Crippen molar-refractivity contribution in [3.63, 3.8) is 0 Å². The summed E-state index contributed by atoms with van der Waals surface area (Å²) in [7, 11) is 1.80. The average molecular weight is 144 g/mol. The molecule has 0 amide bonds. The second kappa shape index (κ2) is 7.07. The standard InChI is InChI=1S/C6H12O.C3H8/c1-7-6-4-2-3-5-6;1-3-2/h6H,2-5H2,1H3;3H2,1-2H3. The molecule has 0 aliphatic heterocycles. The third-order valence-corrected chi connectivity index (χ3v) is 1.64. The molecule has 0 spiro atoms. The van der Waals surface area contributed by atoms with Gasteiger partial charge in [-0.1, -0.05) is 33.1 Å². The van der Waals surface area contributed by atoms with Crippen LogP contribution in [-0.2, 0) is 4.74 Å². The molecule has 62 valence electrons. The SMILES string of the molecule is CCC.COC1CCCC1. The molecule has 1 heteroatoms. The zero-order valence-electron chi connectivity index (χ0n) is 7.52. The molecule has 1 rings (SSSR count). The van der Waals surface area contributed by atoms with Crippen LogP contribution >= 0.6 is 0 Å². The molecule has 1 fully saturated rings. The summed E-state index contributed by atoms with van der Waals surface area (Å²) in [6.45, 7) is 4.25. The fraction of sp³-hybridized carbons (Fsp3) is 1.00. The fourth-order valence-corrected chi connectivity index (χ4v) is 1.12. The highest BCUT2D eigenvalue weighted by molar-refractivity contribution is 4.65. The Morgan fingerprint density at radius 1 is 1.20 bits per heavy atom. The van der Waals surface area contributed by atoms with Crippen molar-refractivity contribution >= 4 is 0 Å². The maximum absolute atomic E-state index is 5.11. The van der Waals surface area contributed by atoms with Crippen molar-refractivity contribution in [1.82, 2.24) is 0 Å². The molecule has 0 aromatic rings. The van der Waals surface area contributed by atoms with Crippen LogP contribution in [0, 0.1) is 0 Å². The molecular formula is C9H20O. The molecule has 0 atom stereocenters. The number of hydrogen-bond donors (Lipinski definition) is 0. The Morgan fingerprint density at radius 3 is 1.80 bits per heavy atom. The van der Waals surface area contributed by atoms with Crippen LogP contribution in [0.1, 0.15) is 46.0 Å². The van der Waals surface area contributed by atoms with Crippen LogP contribution < -0.4 is 0 Å². The predicted octanol–water partition coefficient (Wildman–Crippen LogP) is 2.99. The molecule has 0 aromatic carbocycles. The Labute approximate surface area is 64.8 Å². The van der Waals surface area contributed by atoms with Gasteiger partial charge in [0.2, 0.25) is 0 Å². The van der Waals surface area contributed by atoms with Crippen molar-refractivity contribution in [3.05, 3.63) is 0 Å². The minimum Gasteiger partial charge on any atom is -0.381 e. The minimum absolute atomic E-state index is 0.597. The van der Waals surface area contributed by atoms with E-state index in [4.69, 9.17) is 4.74 Å². The molecule has 0 aromatic heterocycles. The van der Waals surface area contributed by atoms with Crippen LogP contribution in [0.3, 0.4) is 0 Å². The molecule has 0 bridgehead atoms. The van der Waals surface area contributed by atoms with E-state index in [1.54, 1.807) is 7.11 Å². The van der Waals surface area contributed by atoms with Gasteiger partial charge in [-0.2, -0.15) is 0 Å². The quantitative estimate of drug-likeness (QED) is 0.549. The molecule has 0 unspecified atom stereocenters. The van der Waals surface area contributed by atoms with E-state index in [0.29, 0.717) is 6.10 Å². The third kappa shape index (κ3) is 4.80. The van der Waals surface area contributed by atoms with Crippen molar-refractivity contribution < 1.29 is 4.74 Å². The van der Waals surface area contributed by atoms with E-state index in [1.807, 2.05) is 0 Å². The molecule has 1 nitrogen and oxygen atoms in total. The maximum Gasteiger partial charge on any atom is 0.0571 e. The highest BCUT2D eigenvalue weighted by atomic mass is 16.5. The lowest BCUT2D eigenvalue weighted by Crippen LogP contribution is -2.01. The van der Waals surface area contributed by atoms with Gasteiger partial charge in [0.25, 0.3) is 0 Å². The number of rotatable bonds is 1. The lowest BCUT2D eigenvalue weighted by molar-refractivity contribution is 0.109. The first-order valence-corrected chi connectivity index (χ1v) is 4.37. The lowest BCUT2D eigenvalue weighted by Gasteiger charge is -2.02. The summed E-state index contributed by atoms with van der Waals surface area (Å²) in [6, 6.07) is 0. The first kappa shape index (κ1) is 9.96. The van der Waals surface area contributed by atoms with Crippen LogP contribution in [0.2, 0.25) is 0 Å². The number of methoxy groups -OCH3 is 1. The summed E-state index contributed by atoms with van der Waals surface area (Å²) in [5.41, 5.74) is 0. The van der Waals surface area contributed by atoms with Gasteiger partial charge in [0.15, 0.2) is 0 Å². The number of hydrogen-bond acceptors (Lipinski definition) is 1. The van der Waals surface area contributed by atoms with E-state index in [-0.39, 0.29) is 0 Å². The summed E-state index contributed by atoms with van der Waals surface area (Å²) in [6.07, 6.45) is 7.17. The summed E-state index contributed by atoms with van der Waals surface area (Å²) in [5.74, 6) is 0. The molecular weight excluding hydrogens is 124 g/mol. The molecule has 1 aliphatic carbocycles. The van der Waals surface area contributed by atoms with E-state index in [1.165, 1.54) is 32.1 Å². The van der Waals surface area contributed by atoms with Gasteiger partial charge in [-0.15, -0.1) is 0 Å². The van der Waals surface area contributed by atoms with Crippen LogP contribution in [-0.4, -0.2) is 13.2 Å². The zero-order valence-corrected chi connectivity index (χ0v) is 7.52. The summed E-state index contributed by atoms with van der Waals surface area (Å²) in [5, 5.41) is 0. The van der Waals surface area contributed by atoms with Gasteiger partial charge >= 0.3 is 0 Å². The van der Waals surface area contributed by atoms with E-state index >= 15 is 0 Å². The van der Waals surface area contributed by atoms with Gasteiger partial charge < -0.3 is 4.74 Å². The fourth-order valence-electron chi connectivity index (χ4n) is 1.12. The largest absolute Gasteiger partial charge is 0.381 e. The minimum atomic E-state index is 0.597. The summed E-state index contributed by atoms with van der Waals surface area (Å²) >= 11 is 0. The predicted molar refractivity (Wildman–Crippen MR) is 45.2 cm³/mol. The number of ether oxygens (including phenoxy) is 1. The normalized spacial score (nSPS) is 18.3. The summed E-state index contributed by atoms with van der Waals surface area (Å²) < 4.78 is 5.11. The van der Waals surface area contributed by atoms with Crippen LogP contribution in [0.4, 0.5) is 0 Å². The second-order valence-corrected chi connectivity index (χ2v) is 2.85. The van der Waals surface area contributed by atoms with Crippen molar-refractivity contribution in [2.45, 2.75) is 52.1 Å². The smallest absolute Gasteiger partial charge is 0.0571 e. The first-order valence-electron chi connectivity index (χ1n) is 4.37. The van der Waals surface area contributed by atoms with Gasteiger partial charge in [0.1, 0.15) is 0 Å². The van der Waals surface area contributed by atoms with Crippen LogP contribution in [0.15, 0.2) is 0 Å². The van der Waals surface area contributed by atoms with E-state index in [9.17, 15) is 0 Å². The molecule has 10 heavy (non-hydrogen) atoms. The topological polar surface area (TPSA) is 9.23 Å². The van der Waals surface area contributed by atoms with Gasteiger partial charge in [-0.05, 0) is 12.8 Å². The third-order valence-electron chi connectivity index (χ3n) is 1.64. The van der Waals surface area contributed by atoms with E-state index in [2.05, 4.69) is 13.8 Å². The Morgan fingerprint density at radius 2 is 1.60 bits per heavy atom. The van der Waals surface area contributed by atoms with Crippen molar-refractivity contribution in [3.8, 4) is 0 Å². The monoisotopic (exact) mass is 144 g/mol. The van der Waals surface area contributed by atoms with Crippen LogP contribution in [0.25, 0.3) is 0 Å². The van der Waals surface area contributed by atoms with Crippen molar-refractivity contribution in [2.75, 3.05) is 7.11 Å². The van der Waals surface area contributed by atoms with Crippen molar-refractivity contribution in [2.24, 2.45) is 0 Å². The molecule has 0 N–H and O–H groups in total. The highest BCUT2D eigenvalue weighted by Gasteiger charge is 2.12. The van der Waals surface area contributed by atoms with Gasteiger partial charge in [0, 0.05) is 7.11 Å². The van der Waals surface area contributed by atoms with E-state index in [0.717, 1.165) is 0 Å². The Balaban J connectivity index is 0.000000236. The average Bonchev–Trinajstić information content (AvgIpc) is 2.39. The first-order chi connectivity index (χ1) is 4.85. The Kier molecular flexibility index (Phi) is 7.04. The summed E-state index contributed by atoms with van der Waals surface area (Å²) in [4.78, 5) is 0. The van der Waals surface area contributed by atoms with Crippen LogP contribution in [0.5, 0.6) is 0 Å². The van der Waals surface area contributed by atoms with Gasteiger partial charge in [-0.25, -0.2) is 0 Å². The molecule has 0 heterocycles. The highest BCUT2D eigenvalue weighted by Crippen LogP contribution is 2.19. The maximum atomic E-state index is 5.11. The molecule has 1 saturated carbocycles. The van der Waals surface area contributed by atoms with Crippen molar-refractivity contribution in [1.29, 1.82) is 0 Å².